The summed E-state index contributed by atoms with van der Waals surface area (Å²) in [6, 6.07) is 20.6. The van der Waals surface area contributed by atoms with Crippen molar-refractivity contribution in [2.24, 2.45) is 0 Å². The number of alkyl halides is 3. The molecule has 1 aliphatic rings. The van der Waals surface area contributed by atoms with Crippen LogP contribution >= 0.6 is 0 Å². The second-order valence-electron chi connectivity index (χ2n) is 9.83. The number of benzene rings is 3. The Balaban J connectivity index is 1.34. The molecule has 208 valence electrons. The van der Waals surface area contributed by atoms with Gasteiger partial charge in [-0.25, -0.2) is 9.67 Å². The number of imidazole rings is 1. The second-order valence-corrected chi connectivity index (χ2v) is 9.83. The summed E-state index contributed by atoms with van der Waals surface area (Å²) in [6.07, 6.45) is 1.31. The number of anilines is 1. The molecule has 0 radical (unpaired) electrons. The van der Waals surface area contributed by atoms with E-state index in [4.69, 9.17) is 4.74 Å². The quantitative estimate of drug-likeness (QED) is 0.244. The normalized spacial score (nSPS) is 15.5. The molecule has 1 aliphatic heterocycles. The molecule has 0 bridgehead atoms. The molecule has 0 saturated carbocycles. The van der Waals surface area contributed by atoms with Crippen LogP contribution in [-0.2, 0) is 11.2 Å². The molecular weight excluding hydrogens is 533 g/mol. The third kappa shape index (κ3) is 5.56. The first-order chi connectivity index (χ1) is 19.7. The van der Waals surface area contributed by atoms with Crippen molar-refractivity contribution >= 4 is 11.6 Å². The minimum atomic E-state index is -4.56. The van der Waals surface area contributed by atoms with Gasteiger partial charge in [-0.1, -0.05) is 47.7 Å². The zero-order valence-electron chi connectivity index (χ0n) is 22.0. The maximum atomic E-state index is 13.5. The van der Waals surface area contributed by atoms with Crippen molar-refractivity contribution < 1.29 is 22.7 Å². The first-order valence-corrected chi connectivity index (χ1v) is 13.0. The Kier molecular flexibility index (Phi) is 6.78. The van der Waals surface area contributed by atoms with Crippen LogP contribution in [0, 0.1) is 6.92 Å². The van der Waals surface area contributed by atoms with Crippen LogP contribution in [0.15, 0.2) is 91.5 Å². The summed E-state index contributed by atoms with van der Waals surface area (Å²) >= 11 is 0. The van der Waals surface area contributed by atoms with Crippen molar-refractivity contribution in [3.8, 4) is 28.4 Å². The first kappa shape index (κ1) is 26.3. The molecule has 2 aromatic heterocycles. The van der Waals surface area contributed by atoms with Crippen LogP contribution in [0.2, 0.25) is 0 Å². The summed E-state index contributed by atoms with van der Waals surface area (Å²) in [7, 11) is 0. The third-order valence-corrected chi connectivity index (χ3v) is 6.90. The summed E-state index contributed by atoms with van der Waals surface area (Å²) in [6.45, 7) is 0.514. The number of amides is 1. The lowest BCUT2D eigenvalue weighted by Crippen LogP contribution is -2.42. The number of fused-ring (bicyclic) bond motifs is 1. The van der Waals surface area contributed by atoms with Gasteiger partial charge >= 0.3 is 6.18 Å². The predicted molar refractivity (Wildman–Crippen MR) is 146 cm³/mol. The number of nitrogens with zero attached hydrogens (tertiary/aromatic N) is 6. The molecule has 1 unspecified atom stereocenters. The van der Waals surface area contributed by atoms with E-state index in [-0.39, 0.29) is 12.1 Å². The molecule has 3 heterocycles. The Labute approximate surface area is 233 Å². The van der Waals surface area contributed by atoms with Crippen LogP contribution in [0.3, 0.4) is 0 Å². The Morgan fingerprint density at radius 3 is 2.51 bits per heavy atom. The molecule has 0 aliphatic carbocycles. The average Bonchev–Trinajstić information content (AvgIpc) is 3.59. The van der Waals surface area contributed by atoms with Gasteiger partial charge in [-0.3, -0.25) is 4.79 Å². The molecule has 0 N–H and O–H groups in total. The molecule has 41 heavy (non-hydrogen) atoms. The fraction of sp³-hybridized carbons (Fsp3) is 0.200. The van der Waals surface area contributed by atoms with Crippen molar-refractivity contribution in [2.75, 3.05) is 11.4 Å². The van der Waals surface area contributed by atoms with Crippen LogP contribution in [0.1, 0.15) is 23.7 Å². The molecule has 0 saturated heterocycles. The van der Waals surface area contributed by atoms with Crippen molar-refractivity contribution in [3.05, 3.63) is 103 Å². The highest BCUT2D eigenvalue weighted by Crippen LogP contribution is 2.35. The van der Waals surface area contributed by atoms with E-state index >= 15 is 0 Å². The first-order valence-electron chi connectivity index (χ1n) is 13.0. The Morgan fingerprint density at radius 2 is 1.76 bits per heavy atom. The van der Waals surface area contributed by atoms with Gasteiger partial charge < -0.3 is 14.2 Å². The lowest BCUT2D eigenvalue weighted by molar-refractivity contribution is -0.134. The van der Waals surface area contributed by atoms with E-state index in [2.05, 4.69) is 15.3 Å². The van der Waals surface area contributed by atoms with Crippen LogP contribution in [-0.4, -0.2) is 43.2 Å². The summed E-state index contributed by atoms with van der Waals surface area (Å²) in [5, 5.41) is 8.46. The number of aryl methyl sites for hydroxylation is 2. The topological polar surface area (TPSA) is 78.1 Å². The molecule has 0 fully saturated rings. The van der Waals surface area contributed by atoms with E-state index in [1.807, 2.05) is 66.2 Å². The van der Waals surface area contributed by atoms with Crippen molar-refractivity contribution in [2.45, 2.75) is 32.0 Å². The molecule has 1 amide bonds. The minimum absolute atomic E-state index is 0.269. The van der Waals surface area contributed by atoms with Gasteiger partial charge in [-0.05, 0) is 55.7 Å². The average molecular weight is 559 g/mol. The van der Waals surface area contributed by atoms with E-state index in [0.717, 1.165) is 16.3 Å². The van der Waals surface area contributed by atoms with Crippen LogP contribution in [0.5, 0.6) is 11.5 Å². The van der Waals surface area contributed by atoms with Crippen molar-refractivity contribution in [1.29, 1.82) is 0 Å². The molecular formula is C30H25F3N6O2. The van der Waals surface area contributed by atoms with Gasteiger partial charge in [-0.2, -0.15) is 13.2 Å². The molecule has 6 rings (SSSR count). The monoisotopic (exact) mass is 558 g/mol. The van der Waals surface area contributed by atoms with E-state index in [9.17, 15) is 18.0 Å². The van der Waals surface area contributed by atoms with Crippen molar-refractivity contribution in [3.63, 3.8) is 0 Å². The van der Waals surface area contributed by atoms with Gasteiger partial charge in [0.05, 0.1) is 23.9 Å². The highest BCUT2D eigenvalue weighted by Gasteiger charge is 2.39. The lowest BCUT2D eigenvalue weighted by atomic mass is 10.1. The zero-order valence-corrected chi connectivity index (χ0v) is 22.0. The van der Waals surface area contributed by atoms with Crippen molar-refractivity contribution in [1.82, 2.24) is 24.5 Å². The Morgan fingerprint density at radius 1 is 0.976 bits per heavy atom. The third-order valence-electron chi connectivity index (χ3n) is 6.90. The highest BCUT2D eigenvalue weighted by atomic mass is 19.4. The molecule has 5 aromatic rings. The summed E-state index contributed by atoms with van der Waals surface area (Å²) in [4.78, 5) is 18.6. The number of para-hydroxylation sites is 2. The van der Waals surface area contributed by atoms with Gasteiger partial charge in [0.1, 0.15) is 24.0 Å². The molecule has 0 spiro atoms. The number of hydrogen-bond donors (Lipinski definition) is 0. The molecule has 8 nitrogen and oxygen atoms in total. The highest BCUT2D eigenvalue weighted by molar-refractivity contribution is 5.97. The number of hydrogen-bond acceptors (Lipinski definition) is 5. The van der Waals surface area contributed by atoms with E-state index in [1.54, 1.807) is 36.8 Å². The van der Waals surface area contributed by atoms with E-state index in [1.165, 1.54) is 4.68 Å². The maximum absolute atomic E-state index is 13.5. The SMILES string of the molecule is Cc1cn(-c2ccc(-c3cn(C4CCc5ccccc5N(CC(F)(F)F)C4=O)nn3)cc2Oc2ccccc2)cn1. The van der Waals surface area contributed by atoms with Gasteiger partial charge in [0.15, 0.2) is 5.75 Å². The number of aromatic nitrogens is 5. The van der Waals surface area contributed by atoms with Crippen LogP contribution in [0.25, 0.3) is 16.9 Å². The number of rotatable bonds is 6. The maximum Gasteiger partial charge on any atom is 0.406 e. The fourth-order valence-electron chi connectivity index (χ4n) is 4.99. The summed E-state index contributed by atoms with van der Waals surface area (Å²) in [5.41, 5.74) is 3.67. The number of carbonyl (C=O) groups is 1. The van der Waals surface area contributed by atoms with Gasteiger partial charge in [0.25, 0.3) is 5.91 Å². The van der Waals surface area contributed by atoms with E-state index < -0.39 is 24.7 Å². The molecule has 11 heteroatoms. The fourth-order valence-corrected chi connectivity index (χ4v) is 4.99. The number of ether oxygens (including phenoxy) is 1. The Hall–Kier alpha value is -4.93. The van der Waals surface area contributed by atoms with Crippen LogP contribution in [0.4, 0.5) is 18.9 Å². The lowest BCUT2D eigenvalue weighted by Gasteiger charge is -2.26. The molecule has 1 atom stereocenters. The summed E-state index contributed by atoms with van der Waals surface area (Å²) < 4.78 is 49.9. The zero-order chi connectivity index (χ0) is 28.6. The Bertz CT molecular complexity index is 1700. The second kappa shape index (κ2) is 10.6. The largest absolute Gasteiger partial charge is 0.455 e. The van der Waals surface area contributed by atoms with Gasteiger partial charge in [-0.15, -0.1) is 5.10 Å². The van der Waals surface area contributed by atoms with Gasteiger partial charge in [0.2, 0.25) is 0 Å². The smallest absolute Gasteiger partial charge is 0.406 e. The number of halogens is 3. The number of carbonyl (C=O) groups excluding carboxylic acids is 1. The predicted octanol–water partition coefficient (Wildman–Crippen LogP) is 6.31. The minimum Gasteiger partial charge on any atom is -0.455 e. The summed E-state index contributed by atoms with van der Waals surface area (Å²) in [5.74, 6) is 0.500. The standard InChI is InChI=1S/C30H25F3N6O2/c1-20-16-37(19-34-20)26-13-12-22(15-28(26)41-23-8-3-2-4-9-23)24-17-39(36-35-24)27-14-11-21-7-5-6-10-25(21)38(29(27)40)18-30(31,32)33/h2-10,12-13,15-17,19,27H,11,14,18H2,1H3. The molecule has 3 aromatic carbocycles. The van der Waals surface area contributed by atoms with Gasteiger partial charge in [0, 0.05) is 17.4 Å². The van der Waals surface area contributed by atoms with Crippen LogP contribution < -0.4 is 9.64 Å². The van der Waals surface area contributed by atoms with E-state index in [0.29, 0.717) is 34.7 Å².